The number of hydrogen-bond donors (Lipinski definition) is 1. The summed E-state index contributed by atoms with van der Waals surface area (Å²) in [5.74, 6) is -0.147. The van der Waals surface area contributed by atoms with Gasteiger partial charge in [-0.05, 0) is 30.7 Å². The van der Waals surface area contributed by atoms with Crippen LogP contribution >= 0.6 is 0 Å². The standard InChI is InChI=1S/C26H30N2O7/c1-27-12-14-35-19-10-9-16(15-18(19)27)23(29)21-22(17-7-5-8-20(33-3)25(17)34-4)28(11-6-13-32-2)26(31)24(21)30/h5,7-10,15,22,29H,6,11-14H2,1-4H3/b23-21+. The molecular weight excluding hydrogens is 452 g/mol. The number of carbonyl (C=O) groups excluding carboxylic acids is 2. The smallest absolute Gasteiger partial charge is 0.295 e. The van der Waals surface area contributed by atoms with Crippen molar-refractivity contribution in [1.82, 2.24) is 4.90 Å². The number of rotatable bonds is 8. The highest BCUT2D eigenvalue weighted by molar-refractivity contribution is 6.46. The average Bonchev–Trinajstić information content (AvgIpc) is 3.12. The number of anilines is 1. The van der Waals surface area contributed by atoms with Gasteiger partial charge in [0.25, 0.3) is 11.7 Å². The minimum atomic E-state index is -0.859. The molecule has 0 aromatic heterocycles. The zero-order valence-corrected chi connectivity index (χ0v) is 20.4. The van der Waals surface area contributed by atoms with E-state index < -0.39 is 17.7 Å². The van der Waals surface area contributed by atoms with Gasteiger partial charge in [0, 0.05) is 38.4 Å². The Labute approximate surface area is 204 Å². The monoisotopic (exact) mass is 482 g/mol. The average molecular weight is 483 g/mol. The molecule has 0 saturated carbocycles. The lowest BCUT2D eigenvalue weighted by Crippen LogP contribution is -2.31. The predicted molar refractivity (Wildman–Crippen MR) is 130 cm³/mol. The van der Waals surface area contributed by atoms with Crippen LogP contribution in [0, 0.1) is 0 Å². The maximum absolute atomic E-state index is 13.3. The summed E-state index contributed by atoms with van der Waals surface area (Å²) in [5, 5.41) is 11.4. The van der Waals surface area contributed by atoms with Crippen molar-refractivity contribution < 1.29 is 33.6 Å². The first-order valence-corrected chi connectivity index (χ1v) is 11.4. The Morgan fingerprint density at radius 3 is 2.66 bits per heavy atom. The second kappa shape index (κ2) is 10.3. The van der Waals surface area contributed by atoms with E-state index in [-0.39, 0.29) is 17.9 Å². The molecule has 1 N–H and O–H groups in total. The third-order valence-corrected chi connectivity index (χ3v) is 6.34. The number of aliphatic hydroxyl groups excluding tert-OH is 1. The third kappa shape index (κ3) is 4.39. The summed E-state index contributed by atoms with van der Waals surface area (Å²) in [5.41, 5.74) is 1.76. The van der Waals surface area contributed by atoms with Crippen molar-refractivity contribution in [3.05, 3.63) is 53.1 Å². The van der Waals surface area contributed by atoms with Crippen molar-refractivity contribution in [3.8, 4) is 17.2 Å². The Kier molecular flexibility index (Phi) is 7.16. The molecule has 0 spiro atoms. The van der Waals surface area contributed by atoms with E-state index in [1.807, 2.05) is 11.9 Å². The number of likely N-dealkylation sites (tertiary alicyclic amines) is 1. The topological polar surface area (TPSA) is 97.8 Å². The van der Waals surface area contributed by atoms with Gasteiger partial charge < -0.3 is 33.9 Å². The number of carbonyl (C=O) groups is 2. The third-order valence-electron chi connectivity index (χ3n) is 6.34. The van der Waals surface area contributed by atoms with E-state index in [1.54, 1.807) is 43.5 Å². The van der Waals surface area contributed by atoms with Crippen LogP contribution in [0.4, 0.5) is 5.69 Å². The fraction of sp³-hybridized carbons (Fsp3) is 0.385. The van der Waals surface area contributed by atoms with Crippen LogP contribution in [0.1, 0.15) is 23.6 Å². The minimum absolute atomic E-state index is 0.00157. The van der Waals surface area contributed by atoms with E-state index in [0.29, 0.717) is 54.6 Å². The van der Waals surface area contributed by atoms with Crippen molar-refractivity contribution in [2.24, 2.45) is 0 Å². The minimum Gasteiger partial charge on any atom is -0.507 e. The van der Waals surface area contributed by atoms with Crippen LogP contribution in [0.2, 0.25) is 0 Å². The Hall–Kier alpha value is -3.72. The number of nitrogens with zero attached hydrogens (tertiary/aromatic N) is 2. The molecule has 2 aromatic carbocycles. The van der Waals surface area contributed by atoms with Crippen molar-refractivity contribution in [2.75, 3.05) is 59.6 Å². The second-order valence-electron chi connectivity index (χ2n) is 8.37. The Morgan fingerprint density at radius 1 is 1.14 bits per heavy atom. The van der Waals surface area contributed by atoms with Crippen molar-refractivity contribution in [2.45, 2.75) is 12.5 Å². The van der Waals surface area contributed by atoms with E-state index in [1.165, 1.54) is 19.1 Å². The zero-order chi connectivity index (χ0) is 25.1. The number of methoxy groups -OCH3 is 3. The number of ether oxygens (including phenoxy) is 4. The molecule has 2 heterocycles. The fourth-order valence-corrected chi connectivity index (χ4v) is 4.59. The zero-order valence-electron chi connectivity index (χ0n) is 20.4. The predicted octanol–water partition coefficient (Wildman–Crippen LogP) is 2.99. The van der Waals surface area contributed by atoms with Crippen LogP contribution < -0.4 is 19.1 Å². The molecule has 9 heteroatoms. The summed E-state index contributed by atoms with van der Waals surface area (Å²) in [6.45, 7) is 1.95. The summed E-state index contributed by atoms with van der Waals surface area (Å²) >= 11 is 0. The number of Topliss-reactive ketones (excluding diaryl/α,β-unsaturated/α-hetero) is 1. The number of ketones is 1. The van der Waals surface area contributed by atoms with Gasteiger partial charge in [0.05, 0.1) is 38.1 Å². The maximum Gasteiger partial charge on any atom is 0.295 e. The van der Waals surface area contributed by atoms with E-state index in [2.05, 4.69) is 0 Å². The molecule has 4 rings (SSSR count). The van der Waals surface area contributed by atoms with Crippen molar-refractivity contribution in [3.63, 3.8) is 0 Å². The highest BCUT2D eigenvalue weighted by Gasteiger charge is 2.47. The van der Waals surface area contributed by atoms with Crippen LogP contribution in [-0.4, -0.2) is 76.4 Å². The van der Waals surface area contributed by atoms with Gasteiger partial charge >= 0.3 is 0 Å². The molecule has 1 atom stereocenters. The lowest BCUT2D eigenvalue weighted by atomic mass is 9.94. The molecule has 186 valence electrons. The molecule has 1 amide bonds. The van der Waals surface area contributed by atoms with Gasteiger partial charge in [0.15, 0.2) is 11.5 Å². The number of fused-ring (bicyclic) bond motifs is 1. The number of amides is 1. The Morgan fingerprint density at radius 2 is 1.94 bits per heavy atom. The molecule has 9 nitrogen and oxygen atoms in total. The lowest BCUT2D eigenvalue weighted by Gasteiger charge is -2.28. The number of likely N-dealkylation sites (N-methyl/N-ethyl adjacent to an activating group) is 1. The quantitative estimate of drug-likeness (QED) is 0.265. The molecule has 0 bridgehead atoms. The molecule has 2 aliphatic rings. The van der Waals surface area contributed by atoms with Gasteiger partial charge in [0.2, 0.25) is 0 Å². The first-order chi connectivity index (χ1) is 16.9. The van der Waals surface area contributed by atoms with Crippen molar-refractivity contribution >= 4 is 23.1 Å². The van der Waals surface area contributed by atoms with E-state index in [0.717, 1.165) is 5.69 Å². The molecule has 0 radical (unpaired) electrons. The summed E-state index contributed by atoms with van der Waals surface area (Å²) in [6.07, 6.45) is 0.521. The summed E-state index contributed by atoms with van der Waals surface area (Å²) < 4.78 is 21.9. The number of hydrogen-bond acceptors (Lipinski definition) is 8. The second-order valence-corrected chi connectivity index (χ2v) is 8.37. The van der Waals surface area contributed by atoms with E-state index in [4.69, 9.17) is 18.9 Å². The Bertz CT molecular complexity index is 1160. The molecule has 2 aromatic rings. The Balaban J connectivity index is 1.89. The molecule has 2 aliphatic heterocycles. The van der Waals surface area contributed by atoms with Gasteiger partial charge in [-0.2, -0.15) is 0 Å². The molecule has 35 heavy (non-hydrogen) atoms. The fourth-order valence-electron chi connectivity index (χ4n) is 4.59. The van der Waals surface area contributed by atoms with Gasteiger partial charge in [0.1, 0.15) is 18.1 Å². The van der Waals surface area contributed by atoms with Crippen LogP contribution in [0.5, 0.6) is 17.2 Å². The first kappa shape index (κ1) is 24.4. The summed E-state index contributed by atoms with van der Waals surface area (Å²) in [7, 11) is 6.52. The molecular formula is C26H30N2O7. The maximum atomic E-state index is 13.3. The number of benzene rings is 2. The van der Waals surface area contributed by atoms with Gasteiger partial charge in [-0.15, -0.1) is 0 Å². The number of para-hydroxylation sites is 1. The van der Waals surface area contributed by atoms with Crippen LogP contribution in [0.15, 0.2) is 42.0 Å². The normalized spacial score (nSPS) is 18.9. The van der Waals surface area contributed by atoms with Gasteiger partial charge in [-0.1, -0.05) is 12.1 Å². The highest BCUT2D eigenvalue weighted by atomic mass is 16.5. The van der Waals surface area contributed by atoms with Crippen LogP contribution in [0.25, 0.3) is 5.76 Å². The van der Waals surface area contributed by atoms with E-state index >= 15 is 0 Å². The van der Waals surface area contributed by atoms with Gasteiger partial charge in [-0.25, -0.2) is 0 Å². The molecule has 1 fully saturated rings. The van der Waals surface area contributed by atoms with Gasteiger partial charge in [-0.3, -0.25) is 9.59 Å². The molecule has 1 unspecified atom stereocenters. The first-order valence-electron chi connectivity index (χ1n) is 11.4. The highest BCUT2D eigenvalue weighted by Crippen LogP contribution is 2.46. The molecule has 0 aliphatic carbocycles. The summed E-state index contributed by atoms with van der Waals surface area (Å²) in [4.78, 5) is 29.9. The van der Waals surface area contributed by atoms with Crippen molar-refractivity contribution in [1.29, 1.82) is 0 Å². The van der Waals surface area contributed by atoms with E-state index in [9.17, 15) is 14.7 Å². The number of aliphatic hydroxyl groups is 1. The van der Waals surface area contributed by atoms with Crippen LogP contribution in [-0.2, 0) is 14.3 Å². The lowest BCUT2D eigenvalue weighted by molar-refractivity contribution is -0.140. The summed E-state index contributed by atoms with van der Waals surface area (Å²) in [6, 6.07) is 9.62. The largest absolute Gasteiger partial charge is 0.507 e. The SMILES string of the molecule is COCCCN1C(=O)C(=O)/C(=C(/O)c2ccc3c(c2)N(C)CCO3)C1c1cccc(OC)c1OC. The van der Waals surface area contributed by atoms with Crippen LogP contribution in [0.3, 0.4) is 0 Å². The molecule has 1 saturated heterocycles.